The first-order chi connectivity index (χ1) is 4.63. The smallest absolute Gasteiger partial charge is 0.0284 e. The molecule has 0 saturated carbocycles. The first kappa shape index (κ1) is 9.16. The molecule has 0 aliphatic carbocycles. The zero-order valence-corrected chi connectivity index (χ0v) is 7.15. The van der Waals surface area contributed by atoms with Gasteiger partial charge in [0.25, 0.3) is 0 Å². The highest BCUT2D eigenvalue weighted by molar-refractivity contribution is 4.95. The van der Waals surface area contributed by atoms with Crippen LogP contribution in [0.4, 0.5) is 0 Å². The van der Waals surface area contributed by atoms with Crippen molar-refractivity contribution in [3.8, 4) is 12.1 Å². The molecular formula is C8H16N2. The van der Waals surface area contributed by atoms with Gasteiger partial charge in [-0.25, -0.2) is 0 Å². The maximum absolute atomic E-state index is 2.98. The van der Waals surface area contributed by atoms with E-state index in [-0.39, 0.29) is 0 Å². The molecule has 0 aliphatic rings. The van der Waals surface area contributed by atoms with Crippen molar-refractivity contribution >= 4 is 0 Å². The van der Waals surface area contributed by atoms with E-state index in [0.29, 0.717) is 12.1 Å². The second-order valence-electron chi connectivity index (χ2n) is 2.85. The minimum Gasteiger partial charge on any atom is -0.342 e. The summed E-state index contributed by atoms with van der Waals surface area (Å²) >= 11 is 0. The van der Waals surface area contributed by atoms with E-state index in [4.69, 9.17) is 0 Å². The predicted octanol–water partition coefficient (Wildman–Crippen LogP) is 0.901. The maximum atomic E-state index is 2.98. The fourth-order valence-corrected chi connectivity index (χ4v) is 0.361. The van der Waals surface area contributed by atoms with Gasteiger partial charge in [-0.15, -0.1) is 0 Å². The van der Waals surface area contributed by atoms with E-state index in [0.717, 1.165) is 0 Å². The predicted molar refractivity (Wildman–Crippen MR) is 44.3 cm³/mol. The lowest BCUT2D eigenvalue weighted by atomic mass is 10.4. The molecule has 0 aromatic carbocycles. The van der Waals surface area contributed by atoms with E-state index < -0.39 is 0 Å². The van der Waals surface area contributed by atoms with Crippen LogP contribution >= 0.6 is 0 Å². The van der Waals surface area contributed by atoms with Crippen LogP contribution in [0.15, 0.2) is 0 Å². The second kappa shape index (κ2) is 4.99. The van der Waals surface area contributed by atoms with E-state index in [2.05, 4.69) is 50.4 Å². The fraction of sp³-hybridized carbons (Fsp3) is 0.750. The van der Waals surface area contributed by atoms with Crippen LogP contribution in [0, 0.1) is 12.1 Å². The van der Waals surface area contributed by atoms with Crippen molar-refractivity contribution in [3.05, 3.63) is 0 Å². The molecule has 0 amide bonds. The molecule has 2 nitrogen and oxygen atoms in total. The Morgan fingerprint density at radius 3 is 1.30 bits per heavy atom. The van der Waals surface area contributed by atoms with Gasteiger partial charge < -0.3 is 10.6 Å². The Kier molecular flexibility index (Phi) is 4.57. The summed E-state index contributed by atoms with van der Waals surface area (Å²) in [5, 5.41) is 5.95. The van der Waals surface area contributed by atoms with E-state index in [1.807, 2.05) is 0 Å². The number of hydrogen-bond acceptors (Lipinski definition) is 2. The third kappa shape index (κ3) is 7.16. The summed E-state index contributed by atoms with van der Waals surface area (Å²) in [6, 6.07) is 6.47. The van der Waals surface area contributed by atoms with Crippen LogP contribution < -0.4 is 10.6 Å². The van der Waals surface area contributed by atoms with Crippen molar-refractivity contribution in [2.24, 2.45) is 0 Å². The SMILES string of the molecule is CC(C)NC#CNC(C)C. The third-order valence-corrected chi connectivity index (χ3v) is 0.784. The maximum Gasteiger partial charge on any atom is 0.0284 e. The van der Waals surface area contributed by atoms with Crippen LogP contribution in [-0.4, -0.2) is 12.1 Å². The Morgan fingerprint density at radius 1 is 0.800 bits per heavy atom. The molecule has 10 heavy (non-hydrogen) atoms. The van der Waals surface area contributed by atoms with Crippen molar-refractivity contribution < 1.29 is 0 Å². The summed E-state index contributed by atoms with van der Waals surface area (Å²) in [5.74, 6) is 0. The lowest BCUT2D eigenvalue weighted by Gasteiger charge is -2.01. The molecule has 0 atom stereocenters. The molecule has 0 unspecified atom stereocenters. The molecule has 58 valence electrons. The molecule has 2 N–H and O–H groups in total. The summed E-state index contributed by atoms with van der Waals surface area (Å²) in [7, 11) is 0. The molecule has 0 aromatic heterocycles. The normalized spacial score (nSPS) is 9.00. The molecule has 0 aromatic rings. The monoisotopic (exact) mass is 140 g/mol. The minimum atomic E-state index is 0.432. The Balaban J connectivity index is 3.32. The summed E-state index contributed by atoms with van der Waals surface area (Å²) < 4.78 is 0. The number of nitrogens with one attached hydrogen (secondary N) is 2. The van der Waals surface area contributed by atoms with E-state index in [9.17, 15) is 0 Å². The molecule has 0 aliphatic heterocycles. The molecular weight excluding hydrogens is 124 g/mol. The van der Waals surface area contributed by atoms with Gasteiger partial charge in [0.15, 0.2) is 0 Å². The first-order valence-electron chi connectivity index (χ1n) is 3.64. The highest BCUT2D eigenvalue weighted by Crippen LogP contribution is 1.72. The Hall–Kier alpha value is -0.840. The van der Waals surface area contributed by atoms with Crippen LogP contribution in [0.5, 0.6) is 0 Å². The molecule has 0 rings (SSSR count). The standard InChI is InChI=1S/C8H16N2/c1-7(2)9-5-6-10-8(3)4/h7-10H,1-4H3. The molecule has 0 bridgehead atoms. The van der Waals surface area contributed by atoms with Gasteiger partial charge in [0, 0.05) is 24.2 Å². The fourth-order valence-electron chi connectivity index (χ4n) is 0.361. The van der Waals surface area contributed by atoms with E-state index >= 15 is 0 Å². The molecule has 0 heterocycles. The van der Waals surface area contributed by atoms with Crippen molar-refractivity contribution in [2.75, 3.05) is 0 Å². The van der Waals surface area contributed by atoms with E-state index in [1.165, 1.54) is 0 Å². The van der Waals surface area contributed by atoms with Crippen LogP contribution in [0.2, 0.25) is 0 Å². The summed E-state index contributed by atoms with van der Waals surface area (Å²) in [4.78, 5) is 0. The highest BCUT2D eigenvalue weighted by Gasteiger charge is 1.84. The van der Waals surface area contributed by atoms with Crippen molar-refractivity contribution in [1.82, 2.24) is 10.6 Å². The summed E-state index contributed by atoms with van der Waals surface area (Å²) in [6.45, 7) is 8.24. The van der Waals surface area contributed by atoms with Crippen molar-refractivity contribution in [1.29, 1.82) is 0 Å². The van der Waals surface area contributed by atoms with Gasteiger partial charge in [0.1, 0.15) is 0 Å². The minimum absolute atomic E-state index is 0.432. The van der Waals surface area contributed by atoms with Crippen molar-refractivity contribution in [2.45, 2.75) is 39.8 Å². The van der Waals surface area contributed by atoms with Gasteiger partial charge in [0.2, 0.25) is 0 Å². The summed E-state index contributed by atoms with van der Waals surface area (Å²) in [6.07, 6.45) is 0. The van der Waals surface area contributed by atoms with Gasteiger partial charge in [-0.2, -0.15) is 0 Å². The Bertz CT molecular complexity index is 114. The average Bonchev–Trinajstić information content (AvgIpc) is 1.79. The van der Waals surface area contributed by atoms with Gasteiger partial charge in [-0.3, -0.25) is 0 Å². The highest BCUT2D eigenvalue weighted by atomic mass is 14.9. The second-order valence-corrected chi connectivity index (χ2v) is 2.85. The quantitative estimate of drug-likeness (QED) is 0.440. The van der Waals surface area contributed by atoms with Gasteiger partial charge >= 0.3 is 0 Å². The molecule has 0 spiro atoms. The van der Waals surface area contributed by atoms with Gasteiger partial charge in [-0.05, 0) is 27.7 Å². The first-order valence-corrected chi connectivity index (χ1v) is 3.64. The molecule has 2 heteroatoms. The lowest BCUT2D eigenvalue weighted by molar-refractivity contribution is 0.703. The lowest BCUT2D eigenvalue weighted by Crippen LogP contribution is -2.20. The average molecular weight is 140 g/mol. The van der Waals surface area contributed by atoms with Crippen LogP contribution in [0.1, 0.15) is 27.7 Å². The van der Waals surface area contributed by atoms with Gasteiger partial charge in [0.05, 0.1) is 0 Å². The number of hydrogen-bond donors (Lipinski definition) is 2. The molecule has 0 saturated heterocycles. The van der Waals surface area contributed by atoms with Crippen LogP contribution in [0.25, 0.3) is 0 Å². The largest absolute Gasteiger partial charge is 0.342 e. The van der Waals surface area contributed by atoms with E-state index in [1.54, 1.807) is 0 Å². The Labute approximate surface area is 63.4 Å². The zero-order valence-electron chi connectivity index (χ0n) is 7.15. The van der Waals surface area contributed by atoms with Crippen LogP contribution in [0.3, 0.4) is 0 Å². The van der Waals surface area contributed by atoms with Gasteiger partial charge in [-0.1, -0.05) is 0 Å². The zero-order chi connectivity index (χ0) is 7.98. The third-order valence-electron chi connectivity index (χ3n) is 0.784. The molecule has 0 fully saturated rings. The topological polar surface area (TPSA) is 24.1 Å². The number of rotatable bonds is 2. The van der Waals surface area contributed by atoms with Crippen molar-refractivity contribution in [3.63, 3.8) is 0 Å². The van der Waals surface area contributed by atoms with Crippen LogP contribution in [-0.2, 0) is 0 Å². The molecule has 0 radical (unpaired) electrons. The Morgan fingerprint density at radius 2 is 1.10 bits per heavy atom. The summed E-state index contributed by atoms with van der Waals surface area (Å²) in [5.41, 5.74) is 0.